The van der Waals surface area contributed by atoms with Crippen molar-refractivity contribution in [2.75, 3.05) is 13.1 Å². The minimum atomic E-state index is -0.270. The van der Waals surface area contributed by atoms with Crippen LogP contribution in [0, 0.1) is 5.82 Å². The lowest BCUT2D eigenvalue weighted by molar-refractivity contribution is 0.571. The predicted octanol–water partition coefficient (Wildman–Crippen LogP) is 1.96. The summed E-state index contributed by atoms with van der Waals surface area (Å²) in [5, 5.41) is 6.46. The predicted molar refractivity (Wildman–Crippen MR) is 78.5 cm³/mol. The van der Waals surface area contributed by atoms with Crippen LogP contribution in [0.4, 0.5) is 4.39 Å². The third kappa shape index (κ3) is 3.39. The molecule has 21 heavy (non-hydrogen) atoms. The number of oxazole rings is 1. The van der Waals surface area contributed by atoms with Gasteiger partial charge in [0.2, 0.25) is 5.89 Å². The standard InChI is InChI=1S/C15H17FN4O/c1-10-8-18-15(19-10)17-7-6-13-9-21-14(20-13)11-2-4-12(16)5-3-11/h2-5,9-10H,6-8H2,1H3,(H2,17,18,19). The molecule has 0 aliphatic carbocycles. The van der Waals surface area contributed by atoms with Gasteiger partial charge in [0.05, 0.1) is 12.2 Å². The smallest absolute Gasteiger partial charge is 0.226 e. The van der Waals surface area contributed by atoms with Crippen molar-refractivity contribution in [2.24, 2.45) is 4.99 Å². The van der Waals surface area contributed by atoms with Crippen molar-refractivity contribution in [2.45, 2.75) is 19.4 Å². The summed E-state index contributed by atoms with van der Waals surface area (Å²) in [4.78, 5) is 8.72. The quantitative estimate of drug-likeness (QED) is 0.903. The summed E-state index contributed by atoms with van der Waals surface area (Å²) in [6, 6.07) is 6.49. The second kappa shape index (κ2) is 5.95. The third-order valence-electron chi connectivity index (χ3n) is 3.22. The lowest BCUT2D eigenvalue weighted by atomic mass is 10.2. The Morgan fingerprint density at radius 1 is 1.38 bits per heavy atom. The van der Waals surface area contributed by atoms with Gasteiger partial charge in [-0.05, 0) is 31.2 Å². The van der Waals surface area contributed by atoms with Gasteiger partial charge in [-0.2, -0.15) is 0 Å². The Morgan fingerprint density at radius 3 is 2.90 bits per heavy atom. The zero-order valence-electron chi connectivity index (χ0n) is 11.8. The highest BCUT2D eigenvalue weighted by Gasteiger charge is 2.12. The van der Waals surface area contributed by atoms with Crippen molar-refractivity contribution in [3.05, 3.63) is 42.0 Å². The lowest BCUT2D eigenvalue weighted by Gasteiger charge is -2.07. The molecular formula is C15H17FN4O. The van der Waals surface area contributed by atoms with E-state index in [0.29, 0.717) is 11.9 Å². The molecule has 0 spiro atoms. The first kappa shape index (κ1) is 13.6. The first-order chi connectivity index (χ1) is 10.2. The van der Waals surface area contributed by atoms with Crippen molar-refractivity contribution in [1.82, 2.24) is 15.6 Å². The van der Waals surface area contributed by atoms with Crippen LogP contribution in [0.1, 0.15) is 12.6 Å². The van der Waals surface area contributed by atoms with Gasteiger partial charge in [-0.3, -0.25) is 4.99 Å². The second-order valence-corrected chi connectivity index (χ2v) is 5.06. The van der Waals surface area contributed by atoms with Crippen LogP contribution in [0.2, 0.25) is 0 Å². The van der Waals surface area contributed by atoms with Crippen molar-refractivity contribution in [1.29, 1.82) is 0 Å². The van der Waals surface area contributed by atoms with E-state index >= 15 is 0 Å². The van der Waals surface area contributed by atoms with Crippen LogP contribution in [-0.4, -0.2) is 30.1 Å². The van der Waals surface area contributed by atoms with Crippen LogP contribution in [0.5, 0.6) is 0 Å². The maximum Gasteiger partial charge on any atom is 0.226 e. The van der Waals surface area contributed by atoms with E-state index in [0.717, 1.165) is 36.7 Å². The van der Waals surface area contributed by atoms with Crippen LogP contribution in [0.25, 0.3) is 11.5 Å². The first-order valence-corrected chi connectivity index (χ1v) is 6.96. The van der Waals surface area contributed by atoms with Gasteiger partial charge in [0.15, 0.2) is 5.96 Å². The fraction of sp³-hybridized carbons (Fsp3) is 0.333. The van der Waals surface area contributed by atoms with Crippen LogP contribution < -0.4 is 10.6 Å². The van der Waals surface area contributed by atoms with Gasteiger partial charge >= 0.3 is 0 Å². The van der Waals surface area contributed by atoms with E-state index in [1.165, 1.54) is 12.1 Å². The monoisotopic (exact) mass is 288 g/mol. The highest BCUT2D eigenvalue weighted by molar-refractivity contribution is 5.81. The van der Waals surface area contributed by atoms with Crippen molar-refractivity contribution in [3.63, 3.8) is 0 Å². The highest BCUT2D eigenvalue weighted by atomic mass is 19.1. The summed E-state index contributed by atoms with van der Waals surface area (Å²) in [7, 11) is 0. The fourth-order valence-electron chi connectivity index (χ4n) is 2.12. The SMILES string of the molecule is CC1CN=C(NCCc2coc(-c3ccc(F)cc3)n2)N1. The average molecular weight is 288 g/mol. The van der Waals surface area contributed by atoms with E-state index in [4.69, 9.17) is 4.42 Å². The Hall–Kier alpha value is -2.37. The maximum absolute atomic E-state index is 12.9. The number of aromatic nitrogens is 1. The molecular weight excluding hydrogens is 271 g/mol. The average Bonchev–Trinajstić information content (AvgIpc) is 3.09. The number of hydrogen-bond donors (Lipinski definition) is 2. The van der Waals surface area contributed by atoms with E-state index < -0.39 is 0 Å². The highest BCUT2D eigenvalue weighted by Crippen LogP contribution is 2.18. The van der Waals surface area contributed by atoms with E-state index in [1.54, 1.807) is 18.4 Å². The summed E-state index contributed by atoms with van der Waals surface area (Å²) < 4.78 is 18.3. The molecule has 1 aromatic carbocycles. The van der Waals surface area contributed by atoms with Crippen LogP contribution in [0.3, 0.4) is 0 Å². The molecule has 110 valence electrons. The summed E-state index contributed by atoms with van der Waals surface area (Å²) in [5.41, 5.74) is 1.62. The summed E-state index contributed by atoms with van der Waals surface area (Å²) in [6.45, 7) is 3.62. The van der Waals surface area contributed by atoms with E-state index in [2.05, 4.69) is 27.5 Å². The zero-order chi connectivity index (χ0) is 14.7. The van der Waals surface area contributed by atoms with Crippen LogP contribution in [-0.2, 0) is 6.42 Å². The van der Waals surface area contributed by atoms with Gasteiger partial charge in [0, 0.05) is 24.6 Å². The molecule has 0 radical (unpaired) electrons. The van der Waals surface area contributed by atoms with Crippen molar-refractivity contribution < 1.29 is 8.81 Å². The number of aliphatic imine (C=N–C) groups is 1. The number of halogens is 1. The van der Waals surface area contributed by atoms with Gasteiger partial charge in [0.25, 0.3) is 0 Å². The number of nitrogens with one attached hydrogen (secondary N) is 2. The molecule has 2 heterocycles. The molecule has 0 fully saturated rings. The molecule has 1 unspecified atom stereocenters. The van der Waals surface area contributed by atoms with Crippen molar-refractivity contribution >= 4 is 5.96 Å². The molecule has 5 nitrogen and oxygen atoms in total. The Balaban J connectivity index is 1.54. The van der Waals surface area contributed by atoms with Gasteiger partial charge in [0.1, 0.15) is 12.1 Å². The van der Waals surface area contributed by atoms with Gasteiger partial charge in [-0.1, -0.05) is 0 Å². The van der Waals surface area contributed by atoms with Crippen LogP contribution in [0.15, 0.2) is 39.9 Å². The van der Waals surface area contributed by atoms with Crippen LogP contribution >= 0.6 is 0 Å². The van der Waals surface area contributed by atoms with E-state index in [9.17, 15) is 4.39 Å². The molecule has 0 bridgehead atoms. The Bertz CT molecular complexity index is 635. The minimum Gasteiger partial charge on any atom is -0.444 e. The molecule has 1 aliphatic rings. The normalized spacial score (nSPS) is 17.4. The third-order valence-corrected chi connectivity index (χ3v) is 3.22. The second-order valence-electron chi connectivity index (χ2n) is 5.06. The summed E-state index contributed by atoms with van der Waals surface area (Å²) >= 11 is 0. The van der Waals surface area contributed by atoms with Gasteiger partial charge in [-0.15, -0.1) is 0 Å². The molecule has 1 atom stereocenters. The molecule has 2 N–H and O–H groups in total. The molecule has 0 amide bonds. The number of nitrogens with zero attached hydrogens (tertiary/aromatic N) is 2. The number of rotatable bonds is 4. The van der Waals surface area contributed by atoms with Gasteiger partial charge < -0.3 is 15.1 Å². The number of benzene rings is 1. The lowest BCUT2D eigenvalue weighted by Crippen LogP contribution is -2.38. The maximum atomic E-state index is 12.9. The number of hydrogen-bond acceptors (Lipinski definition) is 5. The zero-order valence-corrected chi connectivity index (χ0v) is 11.8. The number of guanidine groups is 1. The molecule has 0 saturated carbocycles. The fourth-order valence-corrected chi connectivity index (χ4v) is 2.12. The summed E-state index contributed by atoms with van der Waals surface area (Å²) in [6.07, 6.45) is 2.37. The van der Waals surface area contributed by atoms with E-state index in [-0.39, 0.29) is 5.82 Å². The Kier molecular flexibility index (Phi) is 3.85. The minimum absolute atomic E-state index is 0.270. The Morgan fingerprint density at radius 2 is 2.19 bits per heavy atom. The molecule has 1 aliphatic heterocycles. The summed E-state index contributed by atoms with van der Waals surface area (Å²) in [5.74, 6) is 1.08. The van der Waals surface area contributed by atoms with Gasteiger partial charge in [-0.25, -0.2) is 9.37 Å². The van der Waals surface area contributed by atoms with Crippen molar-refractivity contribution in [3.8, 4) is 11.5 Å². The molecule has 1 aromatic heterocycles. The molecule has 3 rings (SSSR count). The molecule has 2 aromatic rings. The topological polar surface area (TPSA) is 62.5 Å². The largest absolute Gasteiger partial charge is 0.444 e. The first-order valence-electron chi connectivity index (χ1n) is 6.96. The van der Waals surface area contributed by atoms with E-state index in [1.807, 2.05) is 0 Å². The Labute approximate surface area is 122 Å². The molecule has 0 saturated heterocycles. The molecule has 6 heteroatoms.